The van der Waals surface area contributed by atoms with Crippen LogP contribution in [-0.4, -0.2) is 43.6 Å². The Kier molecular flexibility index (Phi) is 6.64. The van der Waals surface area contributed by atoms with Gasteiger partial charge in [0, 0.05) is 13.1 Å². The molecule has 0 unspecified atom stereocenters. The summed E-state index contributed by atoms with van der Waals surface area (Å²) >= 11 is 0. The zero-order valence-electron chi connectivity index (χ0n) is 13.1. The number of nitrogens with two attached hydrogens (primary N) is 1. The van der Waals surface area contributed by atoms with E-state index in [9.17, 15) is 0 Å². The summed E-state index contributed by atoms with van der Waals surface area (Å²) in [5, 5.41) is 3.24. The predicted octanol–water partition coefficient (Wildman–Crippen LogP) is 2.20. The van der Waals surface area contributed by atoms with Crippen molar-refractivity contribution >= 4 is 5.96 Å². The average Bonchev–Trinajstić information content (AvgIpc) is 2.39. The predicted molar refractivity (Wildman–Crippen MR) is 85.9 cm³/mol. The van der Waals surface area contributed by atoms with Crippen LogP contribution < -0.4 is 11.1 Å². The van der Waals surface area contributed by atoms with Gasteiger partial charge in [0.05, 0.1) is 0 Å². The van der Waals surface area contributed by atoms with Crippen LogP contribution in [0.4, 0.5) is 0 Å². The maximum atomic E-state index is 5.87. The molecule has 0 spiro atoms. The molecule has 0 atom stereocenters. The van der Waals surface area contributed by atoms with E-state index >= 15 is 0 Å². The smallest absolute Gasteiger partial charge is 0.188 e. The molecule has 2 aliphatic rings. The van der Waals surface area contributed by atoms with Crippen molar-refractivity contribution in [3.63, 3.8) is 0 Å². The van der Waals surface area contributed by atoms with Crippen molar-refractivity contribution in [2.24, 2.45) is 22.6 Å². The van der Waals surface area contributed by atoms with Crippen LogP contribution in [0.3, 0.4) is 0 Å². The van der Waals surface area contributed by atoms with E-state index in [4.69, 9.17) is 5.73 Å². The van der Waals surface area contributed by atoms with Gasteiger partial charge in [-0.3, -0.25) is 4.99 Å². The van der Waals surface area contributed by atoms with E-state index < -0.39 is 0 Å². The van der Waals surface area contributed by atoms with Gasteiger partial charge in [0.25, 0.3) is 0 Å². The minimum atomic E-state index is 0.642. The Hall–Kier alpha value is -0.770. The molecule has 1 aliphatic carbocycles. The second-order valence-electron chi connectivity index (χ2n) is 6.68. The highest BCUT2D eigenvalue weighted by atomic mass is 15.1. The van der Waals surface area contributed by atoms with Crippen molar-refractivity contribution < 1.29 is 0 Å². The van der Waals surface area contributed by atoms with Gasteiger partial charge in [-0.15, -0.1) is 0 Å². The van der Waals surface area contributed by atoms with E-state index in [1.165, 1.54) is 64.6 Å². The van der Waals surface area contributed by atoms with Crippen LogP contribution in [0.2, 0.25) is 0 Å². The van der Waals surface area contributed by atoms with Gasteiger partial charge in [0.1, 0.15) is 0 Å². The fourth-order valence-electron chi connectivity index (χ4n) is 2.92. The number of hydrogen-bond donors (Lipinski definition) is 2. The topological polar surface area (TPSA) is 53.6 Å². The molecule has 116 valence electrons. The first kappa shape index (κ1) is 15.6. The largest absolute Gasteiger partial charge is 0.370 e. The van der Waals surface area contributed by atoms with E-state index in [0.717, 1.165) is 24.9 Å². The Morgan fingerprint density at radius 3 is 2.60 bits per heavy atom. The molecule has 1 aliphatic heterocycles. The summed E-state index contributed by atoms with van der Waals surface area (Å²) in [4.78, 5) is 7.02. The molecular weight excluding hydrogens is 248 g/mol. The first-order chi connectivity index (χ1) is 9.74. The number of aliphatic imine (C=N–C) groups is 1. The Morgan fingerprint density at radius 2 is 1.95 bits per heavy atom. The molecule has 3 N–H and O–H groups in total. The summed E-state index contributed by atoms with van der Waals surface area (Å²) in [6.45, 7) is 8.08. The van der Waals surface area contributed by atoms with Crippen molar-refractivity contribution in [3.8, 4) is 0 Å². The van der Waals surface area contributed by atoms with Crippen molar-refractivity contribution in [2.75, 3.05) is 32.7 Å². The third kappa shape index (κ3) is 5.70. The van der Waals surface area contributed by atoms with Crippen molar-refractivity contribution in [1.82, 2.24) is 10.2 Å². The zero-order chi connectivity index (χ0) is 14.2. The maximum Gasteiger partial charge on any atom is 0.188 e. The summed E-state index contributed by atoms with van der Waals surface area (Å²) < 4.78 is 0. The molecule has 0 amide bonds. The molecule has 4 heteroatoms. The van der Waals surface area contributed by atoms with Crippen LogP contribution in [0.25, 0.3) is 0 Å². The summed E-state index contributed by atoms with van der Waals surface area (Å²) in [5.41, 5.74) is 5.87. The minimum absolute atomic E-state index is 0.642. The third-order valence-electron chi connectivity index (χ3n) is 4.83. The highest BCUT2D eigenvalue weighted by Crippen LogP contribution is 2.26. The van der Waals surface area contributed by atoms with E-state index in [1.807, 2.05) is 0 Å². The van der Waals surface area contributed by atoms with Crippen LogP contribution in [0, 0.1) is 11.8 Å². The van der Waals surface area contributed by atoms with Crippen LogP contribution in [0.1, 0.15) is 51.9 Å². The molecule has 0 aromatic carbocycles. The quantitative estimate of drug-likeness (QED) is 0.427. The SMILES string of the molecule is CC1CCN(CCCCNC(N)=NCC2CCC2)CC1. The fourth-order valence-corrected chi connectivity index (χ4v) is 2.92. The normalized spacial score (nSPS) is 22.8. The lowest BCUT2D eigenvalue weighted by atomic mass is 9.86. The Morgan fingerprint density at radius 1 is 1.20 bits per heavy atom. The van der Waals surface area contributed by atoms with Crippen LogP contribution in [0.5, 0.6) is 0 Å². The molecule has 2 rings (SSSR count). The third-order valence-corrected chi connectivity index (χ3v) is 4.83. The monoisotopic (exact) mass is 280 g/mol. The number of guanidine groups is 1. The Labute approximate surface area is 124 Å². The molecule has 1 heterocycles. The van der Waals surface area contributed by atoms with Gasteiger partial charge in [-0.05, 0) is 70.0 Å². The number of hydrogen-bond acceptors (Lipinski definition) is 2. The summed E-state index contributed by atoms with van der Waals surface area (Å²) in [7, 11) is 0. The molecule has 1 saturated carbocycles. The molecular formula is C16H32N4. The molecule has 1 saturated heterocycles. The van der Waals surface area contributed by atoms with Gasteiger partial charge in [-0.25, -0.2) is 0 Å². The van der Waals surface area contributed by atoms with E-state index in [0.29, 0.717) is 5.96 Å². The van der Waals surface area contributed by atoms with Gasteiger partial charge < -0.3 is 16.0 Å². The minimum Gasteiger partial charge on any atom is -0.370 e. The summed E-state index contributed by atoms with van der Waals surface area (Å²) in [6.07, 6.45) is 9.25. The van der Waals surface area contributed by atoms with Gasteiger partial charge >= 0.3 is 0 Å². The maximum absolute atomic E-state index is 5.87. The number of unbranched alkanes of at least 4 members (excludes halogenated alkanes) is 1. The zero-order valence-corrected chi connectivity index (χ0v) is 13.1. The van der Waals surface area contributed by atoms with E-state index in [2.05, 4.69) is 22.1 Å². The summed E-state index contributed by atoms with van der Waals surface area (Å²) in [6, 6.07) is 0. The van der Waals surface area contributed by atoms with Gasteiger partial charge in [0.2, 0.25) is 0 Å². The van der Waals surface area contributed by atoms with Gasteiger partial charge in [0.15, 0.2) is 5.96 Å². The lowest BCUT2D eigenvalue weighted by Gasteiger charge is -2.30. The standard InChI is InChI=1S/C16H32N4/c1-14-7-11-20(12-8-14)10-3-2-9-18-16(17)19-13-15-5-4-6-15/h14-15H,2-13H2,1H3,(H3,17,18,19). The fraction of sp³-hybridized carbons (Fsp3) is 0.938. The number of rotatable bonds is 7. The van der Waals surface area contributed by atoms with E-state index in [-0.39, 0.29) is 0 Å². The number of piperidine rings is 1. The van der Waals surface area contributed by atoms with Crippen molar-refractivity contribution in [2.45, 2.75) is 51.9 Å². The number of likely N-dealkylation sites (tertiary alicyclic amines) is 1. The molecule has 0 radical (unpaired) electrons. The molecule has 0 aromatic heterocycles. The highest BCUT2D eigenvalue weighted by Gasteiger charge is 2.16. The molecule has 4 nitrogen and oxygen atoms in total. The van der Waals surface area contributed by atoms with Crippen LogP contribution in [0.15, 0.2) is 4.99 Å². The molecule has 20 heavy (non-hydrogen) atoms. The van der Waals surface area contributed by atoms with E-state index in [1.54, 1.807) is 0 Å². The lowest BCUT2D eigenvalue weighted by molar-refractivity contribution is 0.189. The average molecular weight is 280 g/mol. The van der Waals surface area contributed by atoms with Crippen LogP contribution >= 0.6 is 0 Å². The highest BCUT2D eigenvalue weighted by molar-refractivity contribution is 5.77. The second-order valence-corrected chi connectivity index (χ2v) is 6.68. The Balaban J connectivity index is 1.44. The van der Waals surface area contributed by atoms with Crippen molar-refractivity contribution in [1.29, 1.82) is 0 Å². The van der Waals surface area contributed by atoms with Gasteiger partial charge in [-0.1, -0.05) is 13.3 Å². The summed E-state index contributed by atoms with van der Waals surface area (Å²) in [5.74, 6) is 2.38. The lowest BCUT2D eigenvalue weighted by Crippen LogP contribution is -2.35. The van der Waals surface area contributed by atoms with Crippen molar-refractivity contribution in [3.05, 3.63) is 0 Å². The van der Waals surface area contributed by atoms with Gasteiger partial charge in [-0.2, -0.15) is 0 Å². The van der Waals surface area contributed by atoms with Crippen LogP contribution in [-0.2, 0) is 0 Å². The molecule has 0 bridgehead atoms. The number of nitrogens with zero attached hydrogens (tertiary/aromatic N) is 2. The first-order valence-electron chi connectivity index (χ1n) is 8.50. The molecule has 0 aromatic rings. The second kappa shape index (κ2) is 8.50. The Bertz CT molecular complexity index is 291. The molecule has 2 fully saturated rings. The number of nitrogens with one attached hydrogen (secondary N) is 1. The first-order valence-corrected chi connectivity index (χ1v) is 8.50.